The van der Waals surface area contributed by atoms with Crippen LogP contribution in [0.25, 0.3) is 0 Å². The molecule has 0 radical (unpaired) electrons. The lowest BCUT2D eigenvalue weighted by atomic mass is 9.84. The third kappa shape index (κ3) is 4.57. The van der Waals surface area contributed by atoms with E-state index in [0.29, 0.717) is 5.56 Å². The van der Waals surface area contributed by atoms with Crippen molar-refractivity contribution >= 4 is 5.69 Å². The summed E-state index contributed by atoms with van der Waals surface area (Å²) < 4.78 is 17.1. The molecule has 2 fully saturated rings. The Kier molecular flexibility index (Phi) is 6.25. The van der Waals surface area contributed by atoms with E-state index in [-0.39, 0.29) is 12.6 Å². The van der Waals surface area contributed by atoms with Crippen molar-refractivity contribution in [1.82, 2.24) is 19.7 Å². The number of nitrogens with zero attached hydrogens (tertiary/aromatic N) is 5. The smallest absolute Gasteiger partial charge is 0.137 e. The first-order chi connectivity index (χ1) is 14.9. The molecule has 7 heteroatoms. The van der Waals surface area contributed by atoms with Gasteiger partial charge in [0.2, 0.25) is 0 Å². The molecule has 0 bridgehead atoms. The summed E-state index contributed by atoms with van der Waals surface area (Å²) in [7, 11) is 0. The summed E-state index contributed by atoms with van der Waals surface area (Å²) in [5.41, 5.74) is 2.16. The average molecular weight is 426 g/mol. The Labute approximate surface area is 183 Å². The molecular weight excluding hydrogens is 393 g/mol. The van der Waals surface area contributed by atoms with Crippen LogP contribution in [-0.4, -0.2) is 57.0 Å². The van der Waals surface area contributed by atoms with Gasteiger partial charge in [0.05, 0.1) is 6.54 Å². The molecule has 0 unspecified atom stereocenters. The Hall–Kier alpha value is -2.51. The lowest BCUT2D eigenvalue weighted by Crippen LogP contribution is -2.53. The first-order valence-corrected chi connectivity index (χ1v) is 11.0. The molecule has 2 aliphatic heterocycles. The fourth-order valence-corrected chi connectivity index (χ4v) is 4.67. The third-order valence-electron chi connectivity index (χ3n) is 6.87. The lowest BCUT2D eigenvalue weighted by Gasteiger charge is -2.43. The van der Waals surface area contributed by atoms with Gasteiger partial charge in [-0.05, 0) is 44.7 Å². The van der Waals surface area contributed by atoms with Gasteiger partial charge in [0, 0.05) is 43.5 Å². The van der Waals surface area contributed by atoms with Crippen LogP contribution in [0.15, 0.2) is 55.2 Å². The highest BCUT2D eigenvalue weighted by molar-refractivity contribution is 5.50. The van der Waals surface area contributed by atoms with Crippen molar-refractivity contribution in [3.8, 4) is 0 Å². The first kappa shape index (κ1) is 21.7. The number of hydrogen-bond donors (Lipinski definition) is 1. The van der Waals surface area contributed by atoms with Crippen molar-refractivity contribution in [2.45, 2.75) is 50.8 Å². The van der Waals surface area contributed by atoms with Crippen LogP contribution in [0.3, 0.4) is 0 Å². The molecule has 4 rings (SSSR count). The Morgan fingerprint density at radius 1 is 1.10 bits per heavy atom. The summed E-state index contributed by atoms with van der Waals surface area (Å²) in [5, 5.41) is 16.1. The monoisotopic (exact) mass is 425 g/mol. The molecule has 6 nitrogen and oxygen atoms in total. The number of benzene rings is 1. The maximum absolute atomic E-state index is 15.5. The van der Waals surface area contributed by atoms with E-state index in [1.807, 2.05) is 13.0 Å². The van der Waals surface area contributed by atoms with Gasteiger partial charge < -0.3 is 10.0 Å². The number of aliphatic hydroxyl groups is 1. The molecule has 0 saturated carbocycles. The zero-order chi connectivity index (χ0) is 22.0. The van der Waals surface area contributed by atoms with Crippen molar-refractivity contribution in [2.75, 3.05) is 31.1 Å². The fourth-order valence-electron chi connectivity index (χ4n) is 4.67. The van der Waals surface area contributed by atoms with Gasteiger partial charge in [0.1, 0.15) is 24.1 Å². The highest BCUT2D eigenvalue weighted by Crippen LogP contribution is 2.35. The Morgan fingerprint density at radius 2 is 1.74 bits per heavy atom. The fraction of sp³-hybridized carbons (Fsp3) is 0.500. The number of rotatable bonds is 6. The van der Waals surface area contributed by atoms with E-state index in [2.05, 4.69) is 33.0 Å². The number of anilines is 1. The van der Waals surface area contributed by atoms with E-state index in [9.17, 15) is 5.11 Å². The maximum Gasteiger partial charge on any atom is 0.137 e. The topological polar surface area (TPSA) is 57.4 Å². The molecule has 1 aromatic heterocycles. The van der Waals surface area contributed by atoms with Crippen molar-refractivity contribution in [3.63, 3.8) is 0 Å². The van der Waals surface area contributed by atoms with Gasteiger partial charge in [0.25, 0.3) is 0 Å². The van der Waals surface area contributed by atoms with Crippen LogP contribution in [0.1, 0.15) is 38.2 Å². The van der Waals surface area contributed by atoms with E-state index < -0.39 is 11.4 Å². The molecule has 2 atom stereocenters. The van der Waals surface area contributed by atoms with Gasteiger partial charge in [0.15, 0.2) is 0 Å². The molecular formula is C24H32FN5O. The summed E-state index contributed by atoms with van der Waals surface area (Å²) >= 11 is 0. The van der Waals surface area contributed by atoms with Crippen LogP contribution < -0.4 is 4.90 Å². The van der Waals surface area contributed by atoms with Gasteiger partial charge in [-0.3, -0.25) is 4.90 Å². The predicted molar refractivity (Wildman–Crippen MR) is 120 cm³/mol. The van der Waals surface area contributed by atoms with Gasteiger partial charge in [-0.1, -0.05) is 30.4 Å². The van der Waals surface area contributed by atoms with Crippen molar-refractivity contribution in [3.05, 3.63) is 66.5 Å². The Balaban J connectivity index is 1.64. The maximum atomic E-state index is 15.5. The van der Waals surface area contributed by atoms with Gasteiger partial charge in [-0.25, -0.2) is 14.1 Å². The van der Waals surface area contributed by atoms with E-state index >= 15 is 4.39 Å². The van der Waals surface area contributed by atoms with Crippen molar-refractivity contribution in [1.29, 1.82) is 0 Å². The molecule has 31 heavy (non-hydrogen) atoms. The molecule has 0 aliphatic carbocycles. The number of halogens is 1. The van der Waals surface area contributed by atoms with Crippen LogP contribution in [0.5, 0.6) is 0 Å². The minimum absolute atomic E-state index is 0.130. The quantitative estimate of drug-likeness (QED) is 0.718. The summed E-state index contributed by atoms with van der Waals surface area (Å²) in [5.74, 6) is -0.391. The van der Waals surface area contributed by atoms with E-state index in [0.717, 1.165) is 57.5 Å². The first-order valence-electron chi connectivity index (χ1n) is 11.0. The molecule has 166 valence electrons. The molecule has 3 heterocycles. The summed E-state index contributed by atoms with van der Waals surface area (Å²) in [6.45, 7) is 13.5. The molecule has 1 N–H and O–H groups in total. The second kappa shape index (κ2) is 8.93. The SMILES string of the molecule is C=C1CCN(c2ccc([C@@](O)(Cn3cncn3)[C@@H](C)N3CCC(=C)CC3)c(F)c2)CC1. The summed E-state index contributed by atoms with van der Waals surface area (Å²) in [6.07, 6.45) is 6.63. The van der Waals surface area contributed by atoms with Crippen LogP contribution in [0.4, 0.5) is 10.1 Å². The predicted octanol–water partition coefficient (Wildman–Crippen LogP) is 3.50. The number of hydrogen-bond acceptors (Lipinski definition) is 5. The zero-order valence-corrected chi connectivity index (χ0v) is 18.3. The second-order valence-electron chi connectivity index (χ2n) is 8.88. The standard InChI is InChI=1S/C24H32FN5O/c1-18-6-10-28(11-7-18)20(3)24(31,15-30-17-26-16-27-30)22-5-4-21(14-23(22)25)29-12-8-19(2)9-13-29/h4-5,14,16-17,20,31H,1-2,6-13,15H2,3H3/t20-,24-/m1/s1. The normalized spacial score (nSPS) is 21.2. The Morgan fingerprint density at radius 3 is 2.32 bits per heavy atom. The summed E-state index contributed by atoms with van der Waals surface area (Å²) in [6, 6.07) is 4.91. The molecule has 2 aliphatic rings. The molecule has 2 saturated heterocycles. The van der Waals surface area contributed by atoms with E-state index in [1.54, 1.807) is 23.1 Å². The molecule has 1 aromatic carbocycles. The number of likely N-dealkylation sites (tertiary alicyclic amines) is 1. The van der Waals surface area contributed by atoms with E-state index in [4.69, 9.17) is 0 Å². The number of aromatic nitrogens is 3. The second-order valence-corrected chi connectivity index (χ2v) is 8.88. The van der Waals surface area contributed by atoms with Gasteiger partial charge in [-0.2, -0.15) is 5.10 Å². The third-order valence-corrected chi connectivity index (χ3v) is 6.87. The van der Waals surface area contributed by atoms with Crippen molar-refractivity contribution < 1.29 is 9.50 Å². The largest absolute Gasteiger partial charge is 0.381 e. The average Bonchev–Trinajstić information content (AvgIpc) is 3.27. The van der Waals surface area contributed by atoms with Crippen molar-refractivity contribution in [2.24, 2.45) is 0 Å². The van der Waals surface area contributed by atoms with Crippen LogP contribution >= 0.6 is 0 Å². The lowest BCUT2D eigenvalue weighted by molar-refractivity contribution is -0.0656. The van der Waals surface area contributed by atoms with Crippen LogP contribution in [0.2, 0.25) is 0 Å². The van der Waals surface area contributed by atoms with E-state index in [1.165, 1.54) is 17.5 Å². The van der Waals surface area contributed by atoms with Gasteiger partial charge >= 0.3 is 0 Å². The summed E-state index contributed by atoms with van der Waals surface area (Å²) in [4.78, 5) is 8.39. The molecule has 0 spiro atoms. The zero-order valence-electron chi connectivity index (χ0n) is 18.3. The minimum Gasteiger partial charge on any atom is -0.381 e. The molecule has 0 amide bonds. The molecule has 2 aromatic rings. The van der Waals surface area contributed by atoms with Crippen LogP contribution in [0, 0.1) is 5.82 Å². The number of piperidine rings is 2. The Bertz CT molecular complexity index is 923. The minimum atomic E-state index is -1.45. The van der Waals surface area contributed by atoms with Gasteiger partial charge in [-0.15, -0.1) is 0 Å². The highest BCUT2D eigenvalue weighted by atomic mass is 19.1. The highest BCUT2D eigenvalue weighted by Gasteiger charge is 2.42. The van der Waals surface area contributed by atoms with Crippen LogP contribution in [-0.2, 0) is 12.1 Å².